The summed E-state index contributed by atoms with van der Waals surface area (Å²) in [4.78, 5) is 11.1. The summed E-state index contributed by atoms with van der Waals surface area (Å²) in [5, 5.41) is 12.4. The van der Waals surface area contributed by atoms with Gasteiger partial charge in [0.2, 0.25) is 0 Å². The molecule has 2 aliphatic rings. The number of nitrogens with one attached hydrogen (secondary N) is 1. The monoisotopic (exact) mass is 567 g/mol. The molecule has 0 saturated heterocycles. The molecule has 0 spiro atoms. The molecule has 5 rings (SSSR count). The molecule has 1 aliphatic heterocycles. The van der Waals surface area contributed by atoms with E-state index in [4.69, 9.17) is 14.6 Å². The second kappa shape index (κ2) is 11.5. The second-order valence-corrected chi connectivity index (χ2v) is 13.0. The van der Waals surface area contributed by atoms with Crippen LogP contribution in [-0.2, 0) is 27.6 Å². The van der Waals surface area contributed by atoms with Gasteiger partial charge in [-0.2, -0.15) is 0 Å². The van der Waals surface area contributed by atoms with Gasteiger partial charge in [0.1, 0.15) is 27.2 Å². The van der Waals surface area contributed by atoms with Crippen molar-refractivity contribution in [3.63, 3.8) is 0 Å². The number of aryl methyl sites for hydroxylation is 1. The molecule has 2 N–H and O–H groups in total. The number of carbonyl (C=O) groups is 1. The molecule has 2 atom stereocenters. The minimum absolute atomic E-state index is 0.119. The van der Waals surface area contributed by atoms with E-state index in [1.54, 1.807) is 19.1 Å². The molecule has 7 nitrogen and oxygen atoms in total. The maximum Gasteiger partial charge on any atom is 0.307 e. The lowest BCUT2D eigenvalue weighted by molar-refractivity contribution is -0.138. The predicted octanol–water partition coefficient (Wildman–Crippen LogP) is 5.74. The highest BCUT2D eigenvalue weighted by atomic mass is 32.2. The van der Waals surface area contributed by atoms with Gasteiger partial charge in [-0.1, -0.05) is 19.1 Å². The van der Waals surface area contributed by atoms with Gasteiger partial charge in [0.25, 0.3) is 0 Å². The van der Waals surface area contributed by atoms with Crippen molar-refractivity contribution in [1.29, 1.82) is 0 Å². The van der Waals surface area contributed by atoms with Crippen LogP contribution in [0.1, 0.15) is 47.9 Å². The van der Waals surface area contributed by atoms with Crippen molar-refractivity contribution in [2.45, 2.75) is 45.6 Å². The van der Waals surface area contributed by atoms with E-state index in [1.807, 2.05) is 31.2 Å². The van der Waals surface area contributed by atoms with E-state index in [9.17, 15) is 17.6 Å². The zero-order chi connectivity index (χ0) is 28.4. The first-order valence-electron chi connectivity index (χ1n) is 13.6. The second-order valence-electron chi connectivity index (χ2n) is 10.5. The lowest BCUT2D eigenvalue weighted by Gasteiger charge is -2.16. The van der Waals surface area contributed by atoms with Crippen molar-refractivity contribution >= 4 is 21.5 Å². The quantitative estimate of drug-likeness (QED) is 0.285. The van der Waals surface area contributed by atoms with Crippen LogP contribution in [0.25, 0.3) is 11.1 Å². The van der Waals surface area contributed by atoms with Crippen molar-refractivity contribution in [2.75, 3.05) is 30.0 Å². The number of anilines is 1. The Labute approximate surface area is 234 Å². The Bertz CT molecular complexity index is 1540. The van der Waals surface area contributed by atoms with Gasteiger partial charge in [-0.15, -0.1) is 0 Å². The molecule has 1 saturated carbocycles. The number of hydrogen-bond acceptors (Lipinski definition) is 6. The van der Waals surface area contributed by atoms with Gasteiger partial charge in [0, 0.05) is 35.9 Å². The first-order valence-corrected chi connectivity index (χ1v) is 15.5. The molecule has 2 unspecified atom stereocenters. The lowest BCUT2D eigenvalue weighted by Crippen LogP contribution is -2.12. The van der Waals surface area contributed by atoms with Crippen LogP contribution in [0.2, 0.25) is 0 Å². The highest BCUT2D eigenvalue weighted by Gasteiger charge is 2.45. The summed E-state index contributed by atoms with van der Waals surface area (Å²) < 4.78 is 50.2. The average molecular weight is 568 g/mol. The summed E-state index contributed by atoms with van der Waals surface area (Å²) in [6, 6.07) is 14.9. The van der Waals surface area contributed by atoms with E-state index in [0.29, 0.717) is 43.9 Å². The molecule has 0 amide bonds. The summed E-state index contributed by atoms with van der Waals surface area (Å²) in [7, 11) is -3.01. The fourth-order valence-corrected chi connectivity index (χ4v) is 6.18. The minimum Gasteiger partial charge on any atom is -0.494 e. The van der Waals surface area contributed by atoms with Crippen LogP contribution in [0, 0.1) is 18.7 Å². The molecule has 9 heteroatoms. The number of sulfone groups is 1. The van der Waals surface area contributed by atoms with Crippen LogP contribution in [0.5, 0.6) is 11.5 Å². The van der Waals surface area contributed by atoms with Crippen molar-refractivity contribution in [3.05, 3.63) is 76.6 Å². The van der Waals surface area contributed by atoms with Crippen LogP contribution < -0.4 is 14.8 Å². The molecular formula is C31H34FNO6S. The predicted molar refractivity (Wildman–Crippen MR) is 152 cm³/mol. The molecule has 3 aromatic carbocycles. The van der Waals surface area contributed by atoms with Crippen molar-refractivity contribution in [3.8, 4) is 22.6 Å². The van der Waals surface area contributed by atoms with Gasteiger partial charge in [0.15, 0.2) is 0 Å². The lowest BCUT2D eigenvalue weighted by atomic mass is 9.92. The normalized spacial score (nSPS) is 17.7. The average Bonchev–Trinajstić information content (AvgIpc) is 3.73. The number of rotatable bonds is 11. The number of carboxylic acids is 1. The van der Waals surface area contributed by atoms with Gasteiger partial charge in [-0.05, 0) is 84.0 Å². The third-order valence-electron chi connectivity index (χ3n) is 7.65. The third-order valence-corrected chi connectivity index (χ3v) is 9.44. The number of ether oxygens (including phenoxy) is 2. The number of aliphatic carboxylic acids is 1. The Morgan fingerprint density at radius 1 is 1.18 bits per heavy atom. The smallest absolute Gasteiger partial charge is 0.307 e. The van der Waals surface area contributed by atoms with Gasteiger partial charge in [-0.3, -0.25) is 4.79 Å². The molecule has 40 heavy (non-hydrogen) atoms. The van der Waals surface area contributed by atoms with E-state index in [0.717, 1.165) is 45.7 Å². The zero-order valence-corrected chi connectivity index (χ0v) is 23.5. The Kier molecular flexibility index (Phi) is 8.03. The van der Waals surface area contributed by atoms with Crippen LogP contribution in [0.15, 0.2) is 48.5 Å². The Hall–Kier alpha value is -3.59. The highest BCUT2D eigenvalue weighted by Crippen LogP contribution is 2.48. The van der Waals surface area contributed by atoms with E-state index in [2.05, 4.69) is 11.4 Å². The van der Waals surface area contributed by atoms with Gasteiger partial charge in [-0.25, -0.2) is 12.8 Å². The first-order chi connectivity index (χ1) is 19.1. The van der Waals surface area contributed by atoms with Crippen LogP contribution in [0.4, 0.5) is 10.1 Å². The molecule has 0 aromatic heterocycles. The maximum absolute atomic E-state index is 14.7. The van der Waals surface area contributed by atoms with Crippen molar-refractivity contribution in [2.24, 2.45) is 5.92 Å². The molecule has 3 aromatic rings. The van der Waals surface area contributed by atoms with E-state index >= 15 is 0 Å². The van der Waals surface area contributed by atoms with Gasteiger partial charge in [0.05, 0.1) is 24.9 Å². The largest absolute Gasteiger partial charge is 0.494 e. The van der Waals surface area contributed by atoms with Crippen molar-refractivity contribution in [1.82, 2.24) is 0 Å². The third kappa shape index (κ3) is 6.25. The Morgan fingerprint density at radius 3 is 2.73 bits per heavy atom. The van der Waals surface area contributed by atoms with Crippen LogP contribution >= 0.6 is 0 Å². The zero-order valence-electron chi connectivity index (χ0n) is 22.7. The Morgan fingerprint density at radius 2 is 2.00 bits per heavy atom. The fourth-order valence-electron chi connectivity index (χ4n) is 5.34. The first kappa shape index (κ1) is 28.0. The number of hydrogen-bond donors (Lipinski definition) is 2. The topological polar surface area (TPSA) is 102 Å². The maximum atomic E-state index is 14.7. The van der Waals surface area contributed by atoms with Gasteiger partial charge < -0.3 is 19.9 Å². The molecular weight excluding hydrogens is 533 g/mol. The SMILES string of the molecule is CCS(=O)(=O)CCCOc1cc(C)c2c(c1)CCOc1ccc(CNc3ccc(C4CC4C(=O)O)c(F)c3)cc1-2. The molecule has 1 aliphatic carbocycles. The standard InChI is InChI=1S/C31H34FNO6S/c1-3-40(36,37)12-4-10-38-23-13-19(2)30-21(15-23)9-11-39-29-8-5-20(14-27(29)30)18-33-22-6-7-24(28(32)16-22)25-17-26(25)31(34)35/h5-8,13-16,25-26,33H,3-4,9-12,17-18H2,1-2H3,(H,34,35). The van der Waals surface area contributed by atoms with E-state index in [1.165, 1.54) is 6.07 Å². The van der Waals surface area contributed by atoms with Crippen LogP contribution in [-0.4, -0.2) is 44.2 Å². The summed E-state index contributed by atoms with van der Waals surface area (Å²) in [5.74, 6) is -0.220. The number of halogens is 1. The molecule has 1 fully saturated rings. The fraction of sp³-hybridized carbons (Fsp3) is 0.387. The summed E-state index contributed by atoms with van der Waals surface area (Å²) in [6.45, 7) is 5.03. The van der Waals surface area contributed by atoms with Crippen molar-refractivity contribution < 1.29 is 32.2 Å². The molecule has 0 radical (unpaired) electrons. The number of fused-ring (bicyclic) bond motifs is 3. The minimum atomic E-state index is -3.01. The highest BCUT2D eigenvalue weighted by molar-refractivity contribution is 7.91. The Balaban J connectivity index is 1.29. The number of benzene rings is 3. The number of carboxylic acid groups (broad SMARTS) is 1. The summed E-state index contributed by atoms with van der Waals surface area (Å²) in [6.07, 6.45) is 1.65. The van der Waals surface area contributed by atoms with Gasteiger partial charge >= 0.3 is 5.97 Å². The van der Waals surface area contributed by atoms with E-state index < -0.39 is 21.7 Å². The molecule has 212 valence electrons. The van der Waals surface area contributed by atoms with Crippen LogP contribution in [0.3, 0.4) is 0 Å². The summed E-state index contributed by atoms with van der Waals surface area (Å²) >= 11 is 0. The summed E-state index contributed by atoms with van der Waals surface area (Å²) in [5.41, 5.74) is 6.33. The molecule has 0 bridgehead atoms. The van der Waals surface area contributed by atoms with E-state index in [-0.39, 0.29) is 23.2 Å². The molecule has 1 heterocycles.